The van der Waals surface area contributed by atoms with Gasteiger partial charge >= 0.3 is 5.97 Å². The molecule has 0 saturated carbocycles. The van der Waals surface area contributed by atoms with Crippen molar-refractivity contribution in [2.24, 2.45) is 0 Å². The molecular formula is C17H14F2N2O2. The van der Waals surface area contributed by atoms with E-state index in [2.05, 4.69) is 4.98 Å². The normalized spacial score (nSPS) is 11.8. The zero-order chi connectivity index (χ0) is 16.8. The number of nitrogens with zero attached hydrogens (tertiary/aromatic N) is 2. The van der Waals surface area contributed by atoms with Gasteiger partial charge in [-0.3, -0.25) is 4.57 Å². The second kappa shape index (κ2) is 5.15. The number of fused-ring (bicyclic) bond motifs is 1. The van der Waals surface area contributed by atoms with Crippen LogP contribution in [0.2, 0.25) is 0 Å². The number of carboxylic acid groups (broad SMARTS) is 1. The van der Waals surface area contributed by atoms with Gasteiger partial charge in [-0.15, -0.1) is 0 Å². The van der Waals surface area contributed by atoms with Crippen molar-refractivity contribution < 1.29 is 18.7 Å². The lowest BCUT2D eigenvalue weighted by atomic mass is 10.1. The van der Waals surface area contributed by atoms with E-state index in [4.69, 9.17) is 5.11 Å². The van der Waals surface area contributed by atoms with E-state index in [0.717, 1.165) is 12.4 Å². The van der Waals surface area contributed by atoms with Crippen LogP contribution in [0.1, 0.15) is 28.7 Å². The third kappa shape index (κ3) is 2.67. The van der Waals surface area contributed by atoms with Crippen LogP contribution in [-0.4, -0.2) is 20.6 Å². The van der Waals surface area contributed by atoms with Crippen molar-refractivity contribution in [1.82, 2.24) is 9.55 Å². The molecule has 3 rings (SSSR count). The number of hydrogen-bond donors (Lipinski definition) is 1. The number of imidazole rings is 1. The number of halogens is 2. The molecule has 0 saturated heterocycles. The number of aromatic nitrogens is 2. The third-order valence-corrected chi connectivity index (χ3v) is 3.70. The summed E-state index contributed by atoms with van der Waals surface area (Å²) >= 11 is 0. The summed E-state index contributed by atoms with van der Waals surface area (Å²) in [6.07, 6.45) is 0. The van der Waals surface area contributed by atoms with Crippen LogP contribution in [0.3, 0.4) is 0 Å². The molecule has 1 aromatic heterocycles. The number of carbonyl (C=O) groups is 1. The van der Waals surface area contributed by atoms with Gasteiger partial charge in [0.05, 0.1) is 16.6 Å². The molecule has 0 aliphatic rings. The molecule has 0 fully saturated rings. The van der Waals surface area contributed by atoms with Crippen LogP contribution < -0.4 is 0 Å². The van der Waals surface area contributed by atoms with E-state index in [1.807, 2.05) is 0 Å². The van der Waals surface area contributed by atoms with Crippen molar-refractivity contribution in [2.75, 3.05) is 0 Å². The number of rotatable bonds is 3. The SMILES string of the molecule is Cc1nc2cc(C(=O)O)ccc2n1-c1ccc(C(C)(F)F)cc1. The van der Waals surface area contributed by atoms with Gasteiger partial charge in [-0.05, 0) is 37.3 Å². The Balaban J connectivity index is 2.12. The average Bonchev–Trinajstić information content (AvgIpc) is 2.81. The van der Waals surface area contributed by atoms with Gasteiger partial charge in [-0.25, -0.2) is 18.6 Å². The van der Waals surface area contributed by atoms with Gasteiger partial charge in [-0.1, -0.05) is 12.1 Å². The molecule has 1 N–H and O–H groups in total. The molecule has 2 aromatic carbocycles. The van der Waals surface area contributed by atoms with Gasteiger partial charge in [-0.2, -0.15) is 0 Å². The molecule has 0 amide bonds. The van der Waals surface area contributed by atoms with Crippen LogP contribution in [0.4, 0.5) is 8.78 Å². The first-order valence-electron chi connectivity index (χ1n) is 6.98. The van der Waals surface area contributed by atoms with Crippen molar-refractivity contribution in [2.45, 2.75) is 19.8 Å². The highest BCUT2D eigenvalue weighted by Crippen LogP contribution is 2.29. The minimum atomic E-state index is -2.89. The lowest BCUT2D eigenvalue weighted by Gasteiger charge is -2.12. The van der Waals surface area contributed by atoms with Crippen molar-refractivity contribution in [1.29, 1.82) is 0 Å². The summed E-state index contributed by atoms with van der Waals surface area (Å²) in [4.78, 5) is 15.4. The highest BCUT2D eigenvalue weighted by molar-refractivity contribution is 5.92. The molecular weight excluding hydrogens is 302 g/mol. The van der Waals surface area contributed by atoms with Crippen LogP contribution in [0, 0.1) is 6.92 Å². The first-order chi connectivity index (χ1) is 10.8. The zero-order valence-corrected chi connectivity index (χ0v) is 12.5. The fourth-order valence-electron chi connectivity index (χ4n) is 2.56. The average molecular weight is 316 g/mol. The summed E-state index contributed by atoms with van der Waals surface area (Å²) < 4.78 is 28.4. The van der Waals surface area contributed by atoms with E-state index < -0.39 is 11.9 Å². The Bertz CT molecular complexity index is 893. The molecule has 0 aliphatic carbocycles. The van der Waals surface area contributed by atoms with Crippen LogP contribution in [0.15, 0.2) is 42.5 Å². The van der Waals surface area contributed by atoms with E-state index >= 15 is 0 Å². The van der Waals surface area contributed by atoms with Gasteiger partial charge in [0, 0.05) is 18.2 Å². The van der Waals surface area contributed by atoms with Crippen molar-refractivity contribution >= 4 is 17.0 Å². The van der Waals surface area contributed by atoms with Gasteiger partial charge in [0.25, 0.3) is 5.92 Å². The molecule has 3 aromatic rings. The summed E-state index contributed by atoms with van der Waals surface area (Å²) in [7, 11) is 0. The van der Waals surface area contributed by atoms with Gasteiger partial charge in [0.1, 0.15) is 5.82 Å². The summed E-state index contributed by atoms with van der Waals surface area (Å²) in [5.74, 6) is -3.26. The number of carboxylic acids is 1. The molecule has 6 heteroatoms. The van der Waals surface area contributed by atoms with Crippen LogP contribution >= 0.6 is 0 Å². The van der Waals surface area contributed by atoms with Crippen molar-refractivity contribution in [3.05, 3.63) is 59.4 Å². The lowest BCUT2D eigenvalue weighted by Crippen LogP contribution is -2.07. The minimum Gasteiger partial charge on any atom is -0.478 e. The molecule has 23 heavy (non-hydrogen) atoms. The maximum absolute atomic E-state index is 13.3. The Morgan fingerprint density at radius 3 is 2.39 bits per heavy atom. The first kappa shape index (κ1) is 15.1. The van der Waals surface area contributed by atoms with Crippen LogP contribution in [0.25, 0.3) is 16.7 Å². The van der Waals surface area contributed by atoms with Gasteiger partial charge in [0.2, 0.25) is 0 Å². The number of aryl methyl sites for hydroxylation is 1. The smallest absolute Gasteiger partial charge is 0.335 e. The molecule has 0 unspecified atom stereocenters. The quantitative estimate of drug-likeness (QED) is 0.790. The Labute approximate surface area is 131 Å². The van der Waals surface area contributed by atoms with Crippen molar-refractivity contribution in [3.8, 4) is 5.69 Å². The lowest BCUT2D eigenvalue weighted by molar-refractivity contribution is 0.0174. The van der Waals surface area contributed by atoms with E-state index in [1.54, 1.807) is 29.7 Å². The monoisotopic (exact) mass is 316 g/mol. The standard InChI is InChI=1S/C17H14F2N2O2/c1-10-20-14-9-11(16(22)23)3-8-15(14)21(10)13-6-4-12(5-7-13)17(2,18)19/h3-9H,1-2H3,(H,22,23). The summed E-state index contributed by atoms with van der Waals surface area (Å²) in [5, 5.41) is 9.04. The number of aromatic carboxylic acids is 1. The maximum Gasteiger partial charge on any atom is 0.335 e. The fourth-order valence-corrected chi connectivity index (χ4v) is 2.56. The molecule has 0 spiro atoms. The Morgan fingerprint density at radius 2 is 1.83 bits per heavy atom. The van der Waals surface area contributed by atoms with Gasteiger partial charge in [0.15, 0.2) is 0 Å². The van der Waals surface area contributed by atoms with E-state index in [9.17, 15) is 13.6 Å². The Hall–Kier alpha value is -2.76. The fraction of sp³-hybridized carbons (Fsp3) is 0.176. The Kier molecular flexibility index (Phi) is 3.39. The second-order valence-electron chi connectivity index (χ2n) is 5.44. The zero-order valence-electron chi connectivity index (χ0n) is 12.5. The largest absolute Gasteiger partial charge is 0.478 e. The molecule has 0 bridgehead atoms. The van der Waals surface area contributed by atoms with Gasteiger partial charge < -0.3 is 5.11 Å². The van der Waals surface area contributed by atoms with E-state index in [0.29, 0.717) is 17.0 Å². The van der Waals surface area contributed by atoms with Crippen LogP contribution in [0.5, 0.6) is 0 Å². The molecule has 0 radical (unpaired) electrons. The van der Waals surface area contributed by atoms with Crippen LogP contribution in [-0.2, 0) is 5.92 Å². The number of hydrogen-bond acceptors (Lipinski definition) is 2. The molecule has 0 aliphatic heterocycles. The van der Waals surface area contributed by atoms with E-state index in [-0.39, 0.29) is 11.1 Å². The van der Waals surface area contributed by atoms with E-state index in [1.165, 1.54) is 24.3 Å². The predicted molar refractivity (Wildman–Crippen MR) is 82.3 cm³/mol. The predicted octanol–water partition coefficient (Wildman–Crippen LogP) is 4.14. The summed E-state index contributed by atoms with van der Waals surface area (Å²) in [5.41, 5.74) is 2.07. The highest BCUT2D eigenvalue weighted by Gasteiger charge is 2.24. The number of benzene rings is 2. The topological polar surface area (TPSA) is 55.1 Å². The summed E-state index contributed by atoms with van der Waals surface area (Å²) in [6.45, 7) is 2.63. The second-order valence-corrected chi connectivity index (χ2v) is 5.44. The maximum atomic E-state index is 13.3. The summed E-state index contributed by atoms with van der Waals surface area (Å²) in [6, 6.07) is 10.6. The first-order valence-corrected chi connectivity index (χ1v) is 6.98. The molecule has 4 nitrogen and oxygen atoms in total. The number of alkyl halides is 2. The van der Waals surface area contributed by atoms with Crippen molar-refractivity contribution in [3.63, 3.8) is 0 Å². The Morgan fingerprint density at radius 1 is 1.17 bits per heavy atom. The molecule has 118 valence electrons. The third-order valence-electron chi connectivity index (χ3n) is 3.70. The molecule has 0 atom stereocenters. The molecule has 1 heterocycles. The minimum absolute atomic E-state index is 0.0588. The highest BCUT2D eigenvalue weighted by atomic mass is 19.3.